The van der Waals surface area contributed by atoms with Crippen LogP contribution in [0.15, 0.2) is 67.0 Å². The van der Waals surface area contributed by atoms with E-state index in [1.165, 1.54) is 12.1 Å². The fourth-order valence-electron chi connectivity index (χ4n) is 2.26. The second-order valence-electron chi connectivity index (χ2n) is 5.40. The van der Waals surface area contributed by atoms with E-state index in [9.17, 15) is 13.6 Å². The number of aromatic nitrogens is 2. The van der Waals surface area contributed by atoms with Crippen molar-refractivity contribution in [2.24, 2.45) is 0 Å². The van der Waals surface area contributed by atoms with Crippen LogP contribution in [-0.2, 0) is 11.3 Å². The summed E-state index contributed by atoms with van der Waals surface area (Å²) in [6.45, 7) is 0.627. The van der Waals surface area contributed by atoms with Crippen molar-refractivity contribution in [3.8, 4) is 0 Å². The van der Waals surface area contributed by atoms with Gasteiger partial charge in [-0.25, -0.2) is 8.78 Å². The minimum absolute atomic E-state index is 0.0733. The van der Waals surface area contributed by atoms with Gasteiger partial charge in [-0.2, -0.15) is 5.10 Å². The molecule has 4 nitrogen and oxygen atoms in total. The number of rotatable bonds is 5. The normalized spacial score (nSPS) is 11.0. The quantitative estimate of drug-likeness (QED) is 0.718. The van der Waals surface area contributed by atoms with Crippen LogP contribution in [0.25, 0.3) is 6.08 Å². The molecule has 0 spiro atoms. The van der Waals surface area contributed by atoms with Crippen LogP contribution in [0.2, 0.25) is 0 Å². The lowest BCUT2D eigenvalue weighted by atomic mass is 10.2. The molecule has 1 heterocycles. The monoisotopic (exact) mass is 339 g/mol. The van der Waals surface area contributed by atoms with Gasteiger partial charge in [-0.1, -0.05) is 30.3 Å². The number of amides is 1. The van der Waals surface area contributed by atoms with Crippen molar-refractivity contribution in [1.29, 1.82) is 0 Å². The largest absolute Gasteiger partial charge is 0.320 e. The highest BCUT2D eigenvalue weighted by Gasteiger charge is 2.06. The minimum atomic E-state index is -0.822. The summed E-state index contributed by atoms with van der Waals surface area (Å²) < 4.78 is 28.1. The summed E-state index contributed by atoms with van der Waals surface area (Å²) in [5, 5.41) is 6.59. The molecular formula is C19H15F2N3O. The van der Waals surface area contributed by atoms with Crippen LogP contribution in [0.1, 0.15) is 11.1 Å². The summed E-state index contributed by atoms with van der Waals surface area (Å²) in [6.07, 6.45) is 6.28. The SMILES string of the molecule is O=C(/C=C/c1cnn(Cc2ccccc2)c1)Nc1ccc(F)cc1F. The van der Waals surface area contributed by atoms with Crippen LogP contribution in [0.5, 0.6) is 0 Å². The molecule has 2 aromatic carbocycles. The fourth-order valence-corrected chi connectivity index (χ4v) is 2.26. The first-order valence-electron chi connectivity index (χ1n) is 7.61. The number of carbonyl (C=O) groups is 1. The van der Waals surface area contributed by atoms with Crippen molar-refractivity contribution < 1.29 is 13.6 Å². The first kappa shape index (κ1) is 16.6. The molecule has 0 fully saturated rings. The molecule has 0 saturated carbocycles. The molecule has 0 aliphatic heterocycles. The molecule has 0 saturated heterocycles. The summed E-state index contributed by atoms with van der Waals surface area (Å²) >= 11 is 0. The lowest BCUT2D eigenvalue weighted by Crippen LogP contribution is -2.09. The number of nitrogens with zero attached hydrogens (tertiary/aromatic N) is 2. The number of nitrogens with one attached hydrogen (secondary N) is 1. The van der Waals surface area contributed by atoms with Crippen molar-refractivity contribution >= 4 is 17.7 Å². The zero-order chi connectivity index (χ0) is 17.6. The van der Waals surface area contributed by atoms with Gasteiger partial charge in [-0.05, 0) is 23.8 Å². The van der Waals surface area contributed by atoms with E-state index < -0.39 is 17.5 Å². The Morgan fingerprint density at radius 1 is 1.16 bits per heavy atom. The smallest absolute Gasteiger partial charge is 0.248 e. The highest BCUT2D eigenvalue weighted by atomic mass is 19.1. The average Bonchev–Trinajstić information content (AvgIpc) is 3.04. The lowest BCUT2D eigenvalue weighted by molar-refractivity contribution is -0.111. The van der Waals surface area contributed by atoms with E-state index in [2.05, 4.69) is 10.4 Å². The molecule has 1 N–H and O–H groups in total. The van der Waals surface area contributed by atoms with Crippen molar-refractivity contribution in [3.63, 3.8) is 0 Å². The highest BCUT2D eigenvalue weighted by molar-refractivity contribution is 6.01. The molecule has 0 aliphatic carbocycles. The maximum absolute atomic E-state index is 13.5. The number of benzene rings is 2. The van der Waals surface area contributed by atoms with Gasteiger partial charge in [0.25, 0.3) is 0 Å². The van der Waals surface area contributed by atoms with E-state index in [-0.39, 0.29) is 5.69 Å². The van der Waals surface area contributed by atoms with E-state index in [1.807, 2.05) is 30.3 Å². The summed E-state index contributed by atoms with van der Waals surface area (Å²) in [5.41, 5.74) is 1.78. The first-order chi connectivity index (χ1) is 12.1. The van der Waals surface area contributed by atoms with E-state index in [0.29, 0.717) is 12.6 Å². The average molecular weight is 339 g/mol. The zero-order valence-electron chi connectivity index (χ0n) is 13.2. The second-order valence-corrected chi connectivity index (χ2v) is 5.40. The van der Waals surface area contributed by atoms with Gasteiger partial charge in [0.05, 0.1) is 18.4 Å². The van der Waals surface area contributed by atoms with Gasteiger partial charge in [-0.3, -0.25) is 9.48 Å². The highest BCUT2D eigenvalue weighted by Crippen LogP contribution is 2.15. The van der Waals surface area contributed by atoms with Crippen LogP contribution >= 0.6 is 0 Å². The molecule has 3 aromatic rings. The molecule has 1 amide bonds. The van der Waals surface area contributed by atoms with Gasteiger partial charge < -0.3 is 5.32 Å². The molecule has 0 aliphatic rings. The lowest BCUT2D eigenvalue weighted by Gasteiger charge is -2.03. The van der Waals surface area contributed by atoms with Crippen LogP contribution in [0, 0.1) is 11.6 Å². The Bertz CT molecular complexity index is 904. The zero-order valence-corrected chi connectivity index (χ0v) is 13.2. The standard InChI is InChI=1S/C19H15F2N3O/c20-16-7-8-18(17(21)10-16)23-19(25)9-6-15-11-22-24(13-15)12-14-4-2-1-3-5-14/h1-11,13H,12H2,(H,23,25)/b9-6+. The molecule has 6 heteroatoms. The third kappa shape index (κ3) is 4.60. The molecule has 1 aromatic heterocycles. The third-order valence-electron chi connectivity index (χ3n) is 3.46. The van der Waals surface area contributed by atoms with Crippen LogP contribution in [0.3, 0.4) is 0 Å². The van der Waals surface area contributed by atoms with Gasteiger partial charge in [0.1, 0.15) is 11.6 Å². The molecule has 25 heavy (non-hydrogen) atoms. The van der Waals surface area contributed by atoms with Crippen LogP contribution < -0.4 is 5.32 Å². The van der Waals surface area contributed by atoms with Crippen molar-refractivity contribution in [3.05, 3.63) is 89.8 Å². The van der Waals surface area contributed by atoms with Crippen molar-refractivity contribution in [2.45, 2.75) is 6.54 Å². The second kappa shape index (κ2) is 7.53. The molecule has 0 bridgehead atoms. The van der Waals surface area contributed by atoms with Gasteiger partial charge >= 0.3 is 0 Å². The third-order valence-corrected chi connectivity index (χ3v) is 3.46. The predicted molar refractivity (Wildman–Crippen MR) is 91.8 cm³/mol. The Balaban J connectivity index is 1.61. The Hall–Kier alpha value is -3.28. The summed E-state index contributed by atoms with van der Waals surface area (Å²) in [5.74, 6) is -2.03. The molecular weight excluding hydrogens is 324 g/mol. The number of hydrogen-bond acceptors (Lipinski definition) is 2. The van der Waals surface area contributed by atoms with Gasteiger partial charge in [0.2, 0.25) is 5.91 Å². The summed E-state index contributed by atoms with van der Waals surface area (Å²) in [7, 11) is 0. The Morgan fingerprint density at radius 3 is 2.72 bits per heavy atom. The Morgan fingerprint density at radius 2 is 1.96 bits per heavy atom. The molecule has 0 unspecified atom stereocenters. The Kier molecular flexibility index (Phi) is 4.99. The number of anilines is 1. The fraction of sp³-hybridized carbons (Fsp3) is 0.0526. The van der Waals surface area contributed by atoms with Crippen LogP contribution in [-0.4, -0.2) is 15.7 Å². The first-order valence-corrected chi connectivity index (χ1v) is 7.61. The maximum Gasteiger partial charge on any atom is 0.248 e. The molecule has 126 valence electrons. The van der Waals surface area contributed by atoms with E-state index in [1.54, 1.807) is 23.2 Å². The van der Waals surface area contributed by atoms with Gasteiger partial charge in [-0.15, -0.1) is 0 Å². The summed E-state index contributed by atoms with van der Waals surface area (Å²) in [4.78, 5) is 11.8. The number of carbonyl (C=O) groups excluding carboxylic acids is 1. The van der Waals surface area contributed by atoms with Crippen molar-refractivity contribution in [2.75, 3.05) is 5.32 Å². The van der Waals surface area contributed by atoms with Crippen molar-refractivity contribution in [1.82, 2.24) is 9.78 Å². The topological polar surface area (TPSA) is 46.9 Å². The summed E-state index contributed by atoms with van der Waals surface area (Å²) in [6, 6.07) is 12.8. The minimum Gasteiger partial charge on any atom is -0.320 e. The van der Waals surface area contributed by atoms with E-state index in [0.717, 1.165) is 17.2 Å². The molecule has 0 atom stereocenters. The Labute approximate surface area is 143 Å². The molecule has 0 radical (unpaired) electrons. The maximum atomic E-state index is 13.5. The van der Waals surface area contributed by atoms with E-state index in [4.69, 9.17) is 0 Å². The molecule has 3 rings (SSSR count). The van der Waals surface area contributed by atoms with Gasteiger partial charge in [0, 0.05) is 23.9 Å². The number of halogens is 2. The van der Waals surface area contributed by atoms with Crippen LogP contribution in [0.4, 0.5) is 14.5 Å². The van der Waals surface area contributed by atoms with E-state index >= 15 is 0 Å². The predicted octanol–water partition coefficient (Wildman–Crippen LogP) is 3.86. The van der Waals surface area contributed by atoms with Gasteiger partial charge in [0.15, 0.2) is 0 Å². The number of hydrogen-bond donors (Lipinski definition) is 1.